The molecule has 2 rings (SSSR count). The fourth-order valence-electron chi connectivity index (χ4n) is 2.66. The van der Waals surface area contributed by atoms with Crippen LogP contribution in [0.5, 0.6) is 0 Å². The van der Waals surface area contributed by atoms with Gasteiger partial charge >= 0.3 is 0 Å². The molecule has 1 aromatic rings. The van der Waals surface area contributed by atoms with E-state index in [9.17, 15) is 18.0 Å². The number of carbonyl (C=O) groups is 1. The lowest BCUT2D eigenvalue weighted by molar-refractivity contribution is -0.122. The molecule has 116 valence electrons. The van der Waals surface area contributed by atoms with E-state index in [0.29, 0.717) is 12.0 Å². The zero-order chi connectivity index (χ0) is 15.6. The molecule has 0 aromatic carbocycles. The topological polar surface area (TPSA) is 96.1 Å². The summed E-state index contributed by atoms with van der Waals surface area (Å²) in [5, 5.41) is 2.70. The van der Waals surface area contributed by atoms with Crippen LogP contribution in [0.4, 0.5) is 0 Å². The van der Waals surface area contributed by atoms with E-state index in [1.807, 2.05) is 13.0 Å². The Morgan fingerprint density at radius 2 is 2.14 bits per heavy atom. The van der Waals surface area contributed by atoms with Crippen LogP contribution in [0.2, 0.25) is 0 Å². The number of H-pyrrole nitrogens is 1. The number of carbonyl (C=O) groups excluding carboxylic acids is 1. The molecule has 0 bridgehead atoms. The molecule has 1 saturated heterocycles. The van der Waals surface area contributed by atoms with Crippen LogP contribution in [-0.2, 0) is 21.2 Å². The quantitative estimate of drug-likeness (QED) is 0.843. The number of sulfone groups is 1. The smallest absolute Gasteiger partial charge is 0.253 e. The van der Waals surface area contributed by atoms with E-state index in [2.05, 4.69) is 10.3 Å². The lowest BCUT2D eigenvalue weighted by Gasteiger charge is -2.10. The van der Waals surface area contributed by atoms with Crippen molar-refractivity contribution >= 4 is 15.7 Å². The Kier molecular flexibility index (Phi) is 4.51. The highest BCUT2D eigenvalue weighted by Gasteiger charge is 2.29. The summed E-state index contributed by atoms with van der Waals surface area (Å²) in [5.74, 6) is -0.0597. The number of hydrogen-bond donors (Lipinski definition) is 2. The van der Waals surface area contributed by atoms with E-state index in [1.54, 1.807) is 6.92 Å². The van der Waals surface area contributed by atoms with Crippen LogP contribution >= 0.6 is 0 Å². The van der Waals surface area contributed by atoms with Crippen LogP contribution in [0.3, 0.4) is 0 Å². The second kappa shape index (κ2) is 6.01. The maximum atomic E-state index is 11.9. The maximum absolute atomic E-state index is 11.9. The fraction of sp³-hybridized carbons (Fsp3) is 0.571. The molecule has 2 heterocycles. The number of hydrogen-bond acceptors (Lipinski definition) is 4. The highest BCUT2D eigenvalue weighted by Crippen LogP contribution is 2.21. The number of rotatable bonds is 4. The van der Waals surface area contributed by atoms with Crippen molar-refractivity contribution in [2.45, 2.75) is 33.2 Å². The van der Waals surface area contributed by atoms with Gasteiger partial charge in [0.1, 0.15) is 0 Å². The molecule has 7 heteroatoms. The molecular weight excluding hydrogens is 292 g/mol. The molecule has 1 aromatic heterocycles. The van der Waals surface area contributed by atoms with Gasteiger partial charge in [-0.25, -0.2) is 8.42 Å². The van der Waals surface area contributed by atoms with Crippen molar-refractivity contribution in [1.82, 2.24) is 10.3 Å². The Labute approximate surface area is 123 Å². The van der Waals surface area contributed by atoms with Gasteiger partial charge in [0.25, 0.3) is 5.56 Å². The third kappa shape index (κ3) is 4.17. The Hall–Kier alpha value is -1.63. The zero-order valence-corrected chi connectivity index (χ0v) is 13.0. The monoisotopic (exact) mass is 312 g/mol. The van der Waals surface area contributed by atoms with Crippen molar-refractivity contribution in [1.29, 1.82) is 0 Å². The number of aromatic amines is 1. The second-order valence-electron chi connectivity index (χ2n) is 5.69. The summed E-state index contributed by atoms with van der Waals surface area (Å²) in [5.41, 5.74) is 1.95. The van der Waals surface area contributed by atoms with Crippen molar-refractivity contribution in [3.8, 4) is 0 Å². The van der Waals surface area contributed by atoms with E-state index in [4.69, 9.17) is 0 Å². The van der Waals surface area contributed by atoms with Gasteiger partial charge in [0.05, 0.1) is 11.5 Å². The van der Waals surface area contributed by atoms with E-state index >= 15 is 0 Å². The van der Waals surface area contributed by atoms with Gasteiger partial charge in [0, 0.05) is 24.2 Å². The van der Waals surface area contributed by atoms with Gasteiger partial charge in [-0.2, -0.15) is 0 Å². The van der Waals surface area contributed by atoms with Gasteiger partial charge in [-0.3, -0.25) is 9.59 Å². The minimum atomic E-state index is -2.96. The minimum absolute atomic E-state index is 0.0879. The fourth-order valence-corrected chi connectivity index (χ4v) is 4.52. The van der Waals surface area contributed by atoms with Gasteiger partial charge in [0.2, 0.25) is 5.91 Å². The predicted molar refractivity (Wildman–Crippen MR) is 79.8 cm³/mol. The number of pyridine rings is 1. The lowest BCUT2D eigenvalue weighted by Crippen LogP contribution is -2.29. The first kappa shape index (κ1) is 15.8. The number of aromatic nitrogens is 1. The van der Waals surface area contributed by atoms with Crippen molar-refractivity contribution in [2.75, 3.05) is 11.5 Å². The molecule has 6 nitrogen and oxygen atoms in total. The van der Waals surface area contributed by atoms with E-state index in [0.717, 1.165) is 11.3 Å². The van der Waals surface area contributed by atoms with Crippen LogP contribution in [0.15, 0.2) is 10.9 Å². The molecule has 1 aliphatic heterocycles. The Balaban J connectivity index is 1.92. The van der Waals surface area contributed by atoms with Crippen molar-refractivity contribution in [3.63, 3.8) is 0 Å². The zero-order valence-electron chi connectivity index (χ0n) is 12.2. The van der Waals surface area contributed by atoms with Gasteiger partial charge in [-0.1, -0.05) is 0 Å². The summed E-state index contributed by atoms with van der Waals surface area (Å²) < 4.78 is 22.7. The molecule has 1 amide bonds. The van der Waals surface area contributed by atoms with Gasteiger partial charge in [0.15, 0.2) is 9.84 Å². The van der Waals surface area contributed by atoms with Crippen LogP contribution in [-0.4, -0.2) is 30.8 Å². The SMILES string of the molecule is Cc1cc(C)c(CNC(=O)C[C@@H]2CCS(=O)(=O)C2)c(=O)[nH]1. The molecule has 1 atom stereocenters. The Morgan fingerprint density at radius 1 is 1.43 bits per heavy atom. The van der Waals surface area contributed by atoms with Gasteiger partial charge in [-0.15, -0.1) is 0 Å². The Bertz CT molecular complexity index is 706. The highest BCUT2D eigenvalue weighted by molar-refractivity contribution is 7.91. The summed E-state index contributed by atoms with van der Waals surface area (Å²) >= 11 is 0. The average Bonchev–Trinajstić information content (AvgIpc) is 2.67. The molecule has 0 saturated carbocycles. The van der Waals surface area contributed by atoms with E-state index < -0.39 is 9.84 Å². The number of amides is 1. The molecule has 1 fully saturated rings. The average molecular weight is 312 g/mol. The summed E-state index contributed by atoms with van der Waals surface area (Å²) in [6.07, 6.45) is 0.738. The first-order valence-electron chi connectivity index (χ1n) is 6.93. The van der Waals surface area contributed by atoms with Crippen molar-refractivity contribution < 1.29 is 13.2 Å². The van der Waals surface area contributed by atoms with Crippen LogP contribution in [0.25, 0.3) is 0 Å². The third-order valence-corrected chi connectivity index (χ3v) is 5.59. The maximum Gasteiger partial charge on any atom is 0.253 e. The van der Waals surface area contributed by atoms with Crippen LogP contribution in [0, 0.1) is 19.8 Å². The standard InChI is InChI=1S/C14H20N2O4S/c1-9-5-10(2)16-14(18)12(9)7-15-13(17)6-11-3-4-21(19,20)8-11/h5,11H,3-4,6-8H2,1-2H3,(H,15,17)(H,16,18)/t11-/m0/s1. The summed E-state index contributed by atoms with van der Waals surface area (Å²) in [7, 11) is -2.96. The van der Waals surface area contributed by atoms with Crippen LogP contribution < -0.4 is 10.9 Å². The van der Waals surface area contributed by atoms with Gasteiger partial charge in [-0.05, 0) is 37.8 Å². The van der Waals surface area contributed by atoms with E-state index in [-0.39, 0.29) is 41.9 Å². The first-order valence-corrected chi connectivity index (χ1v) is 8.75. The van der Waals surface area contributed by atoms with Crippen molar-refractivity contribution in [2.24, 2.45) is 5.92 Å². The highest BCUT2D eigenvalue weighted by atomic mass is 32.2. The first-order chi connectivity index (χ1) is 9.77. The molecule has 1 aliphatic rings. The summed E-state index contributed by atoms with van der Waals surface area (Å²) in [4.78, 5) is 26.4. The molecule has 0 radical (unpaired) electrons. The molecule has 2 N–H and O–H groups in total. The summed E-state index contributed by atoms with van der Waals surface area (Å²) in [6, 6.07) is 1.85. The van der Waals surface area contributed by atoms with Crippen molar-refractivity contribution in [3.05, 3.63) is 33.2 Å². The largest absolute Gasteiger partial charge is 0.352 e. The normalized spacial score (nSPS) is 20.4. The van der Waals surface area contributed by atoms with Crippen LogP contribution in [0.1, 0.15) is 29.7 Å². The number of nitrogens with one attached hydrogen (secondary N) is 2. The second-order valence-corrected chi connectivity index (χ2v) is 7.92. The lowest BCUT2D eigenvalue weighted by atomic mass is 10.0. The predicted octanol–water partition coefficient (Wildman–Crippen LogP) is 0.433. The number of aryl methyl sites for hydroxylation is 2. The molecule has 0 aliphatic carbocycles. The molecule has 0 unspecified atom stereocenters. The van der Waals surface area contributed by atoms with E-state index in [1.165, 1.54) is 0 Å². The molecule has 21 heavy (non-hydrogen) atoms. The van der Waals surface area contributed by atoms with Gasteiger partial charge < -0.3 is 10.3 Å². The minimum Gasteiger partial charge on any atom is -0.352 e. The third-order valence-electron chi connectivity index (χ3n) is 3.76. The Morgan fingerprint density at radius 3 is 2.71 bits per heavy atom. The molecular formula is C14H20N2O4S. The molecule has 0 spiro atoms. The summed E-state index contributed by atoms with van der Waals surface area (Å²) in [6.45, 7) is 3.80.